The number of anilines is 2. The lowest BCUT2D eigenvalue weighted by molar-refractivity contribution is -0.120. The van der Waals surface area contributed by atoms with E-state index in [0.29, 0.717) is 29.4 Å². The first kappa shape index (κ1) is 22.1. The van der Waals surface area contributed by atoms with Crippen LogP contribution in [0.1, 0.15) is 18.9 Å². The molecule has 2 amide bonds. The Labute approximate surface area is 191 Å². The SMILES string of the molecule is CCCOc1cccc(NC2=C(c3ccccc3OC)C(=O)N(c3cccc(F)c3)C2=O)c1. The number of hydrogen-bond acceptors (Lipinski definition) is 5. The molecule has 0 saturated carbocycles. The van der Waals surface area contributed by atoms with Gasteiger partial charge in [-0.1, -0.05) is 37.3 Å². The lowest BCUT2D eigenvalue weighted by Gasteiger charge is -2.15. The van der Waals surface area contributed by atoms with Crippen molar-refractivity contribution in [3.05, 3.63) is 89.9 Å². The fourth-order valence-corrected chi connectivity index (χ4v) is 3.62. The molecule has 1 aliphatic rings. The number of para-hydroxylation sites is 1. The van der Waals surface area contributed by atoms with E-state index in [1.54, 1.807) is 42.5 Å². The van der Waals surface area contributed by atoms with Crippen LogP contribution in [0.3, 0.4) is 0 Å². The number of imide groups is 1. The molecule has 3 aromatic carbocycles. The van der Waals surface area contributed by atoms with Crippen molar-refractivity contribution in [3.8, 4) is 11.5 Å². The highest BCUT2D eigenvalue weighted by atomic mass is 19.1. The van der Waals surface area contributed by atoms with Crippen LogP contribution in [0, 0.1) is 5.82 Å². The number of nitrogens with zero attached hydrogens (tertiary/aromatic N) is 1. The van der Waals surface area contributed by atoms with Crippen LogP contribution in [0.4, 0.5) is 15.8 Å². The Bertz CT molecular complexity index is 1240. The Morgan fingerprint density at radius 3 is 2.48 bits per heavy atom. The van der Waals surface area contributed by atoms with E-state index in [9.17, 15) is 14.0 Å². The summed E-state index contributed by atoms with van der Waals surface area (Å²) in [5.74, 6) is -0.634. The number of carbonyl (C=O) groups is 2. The number of halogens is 1. The predicted molar refractivity (Wildman–Crippen MR) is 125 cm³/mol. The van der Waals surface area contributed by atoms with Gasteiger partial charge in [0.2, 0.25) is 0 Å². The van der Waals surface area contributed by atoms with Crippen molar-refractivity contribution >= 4 is 28.8 Å². The summed E-state index contributed by atoms with van der Waals surface area (Å²) in [4.78, 5) is 27.9. The molecule has 1 aliphatic heterocycles. The van der Waals surface area contributed by atoms with Crippen molar-refractivity contribution in [1.29, 1.82) is 0 Å². The van der Waals surface area contributed by atoms with Crippen LogP contribution in [-0.4, -0.2) is 25.5 Å². The summed E-state index contributed by atoms with van der Waals surface area (Å²) < 4.78 is 25.0. The fraction of sp³-hybridized carbons (Fsp3) is 0.154. The van der Waals surface area contributed by atoms with Crippen molar-refractivity contribution in [2.75, 3.05) is 23.9 Å². The number of carbonyl (C=O) groups excluding carboxylic acids is 2. The van der Waals surface area contributed by atoms with Crippen LogP contribution in [0.2, 0.25) is 0 Å². The fourth-order valence-electron chi connectivity index (χ4n) is 3.62. The van der Waals surface area contributed by atoms with E-state index in [4.69, 9.17) is 9.47 Å². The zero-order chi connectivity index (χ0) is 23.4. The highest BCUT2D eigenvalue weighted by molar-refractivity contribution is 6.46. The van der Waals surface area contributed by atoms with Gasteiger partial charge in [0.05, 0.1) is 25.0 Å². The van der Waals surface area contributed by atoms with Crippen LogP contribution >= 0.6 is 0 Å². The van der Waals surface area contributed by atoms with Gasteiger partial charge >= 0.3 is 0 Å². The number of amides is 2. The molecule has 0 aliphatic carbocycles. The zero-order valence-electron chi connectivity index (χ0n) is 18.3. The quantitative estimate of drug-likeness (QED) is 0.492. The third-order valence-corrected chi connectivity index (χ3v) is 5.10. The average Bonchev–Trinajstić information content (AvgIpc) is 3.06. The zero-order valence-corrected chi connectivity index (χ0v) is 18.3. The molecule has 4 rings (SSSR count). The summed E-state index contributed by atoms with van der Waals surface area (Å²) in [6.07, 6.45) is 0.857. The minimum absolute atomic E-state index is 0.0707. The van der Waals surface area contributed by atoms with Crippen LogP contribution in [0.15, 0.2) is 78.5 Å². The molecule has 33 heavy (non-hydrogen) atoms. The van der Waals surface area contributed by atoms with Crippen LogP contribution in [0.5, 0.6) is 11.5 Å². The van der Waals surface area contributed by atoms with Crippen LogP contribution in [0.25, 0.3) is 5.57 Å². The highest BCUT2D eigenvalue weighted by Gasteiger charge is 2.41. The number of ether oxygens (including phenoxy) is 2. The highest BCUT2D eigenvalue weighted by Crippen LogP contribution is 2.37. The normalized spacial score (nSPS) is 13.5. The van der Waals surface area contributed by atoms with Gasteiger partial charge in [0, 0.05) is 17.3 Å². The first-order valence-corrected chi connectivity index (χ1v) is 10.6. The lowest BCUT2D eigenvalue weighted by atomic mass is 10.0. The summed E-state index contributed by atoms with van der Waals surface area (Å²) in [6.45, 7) is 2.57. The molecule has 0 radical (unpaired) electrons. The van der Waals surface area contributed by atoms with Gasteiger partial charge in [0.15, 0.2) is 0 Å². The Hall–Kier alpha value is -4.13. The third kappa shape index (κ3) is 4.43. The number of nitrogens with one attached hydrogen (secondary N) is 1. The molecule has 0 unspecified atom stereocenters. The van der Waals surface area contributed by atoms with E-state index in [1.165, 1.54) is 25.3 Å². The van der Waals surface area contributed by atoms with Crippen LogP contribution in [-0.2, 0) is 9.59 Å². The predicted octanol–water partition coefficient (Wildman–Crippen LogP) is 5.02. The molecular formula is C26H23FN2O4. The van der Waals surface area contributed by atoms with Gasteiger partial charge in [-0.2, -0.15) is 0 Å². The minimum Gasteiger partial charge on any atom is -0.496 e. The summed E-state index contributed by atoms with van der Waals surface area (Å²) in [5.41, 5.74) is 1.39. The molecule has 0 spiro atoms. The third-order valence-electron chi connectivity index (χ3n) is 5.10. The molecule has 7 heteroatoms. The van der Waals surface area contributed by atoms with E-state index >= 15 is 0 Å². The molecule has 3 aromatic rings. The molecule has 0 fully saturated rings. The maximum Gasteiger partial charge on any atom is 0.282 e. The van der Waals surface area contributed by atoms with Gasteiger partial charge in [0.25, 0.3) is 11.8 Å². The summed E-state index contributed by atoms with van der Waals surface area (Å²) in [7, 11) is 1.49. The van der Waals surface area contributed by atoms with Gasteiger partial charge in [-0.05, 0) is 42.8 Å². The summed E-state index contributed by atoms with van der Waals surface area (Å²) in [5, 5.41) is 3.09. The smallest absolute Gasteiger partial charge is 0.282 e. The van der Waals surface area contributed by atoms with Gasteiger partial charge in [-0.25, -0.2) is 9.29 Å². The molecule has 0 aromatic heterocycles. The average molecular weight is 446 g/mol. The molecule has 1 heterocycles. The van der Waals surface area contributed by atoms with Gasteiger partial charge in [-0.3, -0.25) is 9.59 Å². The van der Waals surface area contributed by atoms with E-state index in [2.05, 4.69) is 5.32 Å². The molecule has 0 bridgehead atoms. The van der Waals surface area contributed by atoms with Gasteiger partial charge in [-0.15, -0.1) is 0 Å². The largest absolute Gasteiger partial charge is 0.496 e. The van der Waals surface area contributed by atoms with Gasteiger partial charge in [0.1, 0.15) is 23.0 Å². The van der Waals surface area contributed by atoms with Gasteiger partial charge < -0.3 is 14.8 Å². The molecule has 0 atom stereocenters. The lowest BCUT2D eigenvalue weighted by Crippen LogP contribution is -2.32. The second kappa shape index (κ2) is 9.56. The second-order valence-electron chi connectivity index (χ2n) is 7.38. The Morgan fingerprint density at radius 1 is 0.939 bits per heavy atom. The Balaban J connectivity index is 1.81. The first-order valence-electron chi connectivity index (χ1n) is 10.6. The Morgan fingerprint density at radius 2 is 1.73 bits per heavy atom. The molecular weight excluding hydrogens is 423 g/mol. The van der Waals surface area contributed by atoms with Crippen molar-refractivity contribution < 1.29 is 23.5 Å². The minimum atomic E-state index is -0.591. The topological polar surface area (TPSA) is 67.9 Å². The molecule has 1 N–H and O–H groups in total. The number of rotatable bonds is 8. The molecule has 168 valence electrons. The van der Waals surface area contributed by atoms with E-state index in [-0.39, 0.29) is 17.0 Å². The Kier molecular flexibility index (Phi) is 6.40. The summed E-state index contributed by atoms with van der Waals surface area (Å²) >= 11 is 0. The standard InChI is InChI=1S/C26H23FN2O4/c1-3-14-33-20-11-7-9-18(16-20)28-24-23(21-12-4-5-13-22(21)32-2)25(30)29(26(24)31)19-10-6-8-17(27)15-19/h4-13,15-16,28H,3,14H2,1-2H3. The van der Waals surface area contributed by atoms with Crippen LogP contribution < -0.4 is 19.7 Å². The molecule has 0 saturated heterocycles. The molecule has 6 nitrogen and oxygen atoms in total. The number of methoxy groups -OCH3 is 1. The van der Waals surface area contributed by atoms with E-state index in [0.717, 1.165) is 17.4 Å². The monoisotopic (exact) mass is 446 g/mol. The van der Waals surface area contributed by atoms with Crippen molar-refractivity contribution in [2.24, 2.45) is 0 Å². The number of hydrogen-bond donors (Lipinski definition) is 1. The van der Waals surface area contributed by atoms with Crippen molar-refractivity contribution in [3.63, 3.8) is 0 Å². The second-order valence-corrected chi connectivity index (χ2v) is 7.38. The maximum atomic E-state index is 13.9. The van der Waals surface area contributed by atoms with Crippen molar-refractivity contribution in [1.82, 2.24) is 0 Å². The number of benzene rings is 3. The summed E-state index contributed by atoms with van der Waals surface area (Å²) in [6, 6.07) is 19.5. The van der Waals surface area contributed by atoms with E-state index in [1.807, 2.05) is 13.0 Å². The maximum absolute atomic E-state index is 13.9. The first-order chi connectivity index (χ1) is 16.0. The van der Waals surface area contributed by atoms with Crippen molar-refractivity contribution in [2.45, 2.75) is 13.3 Å². The van der Waals surface area contributed by atoms with E-state index < -0.39 is 17.6 Å².